The molecule has 0 spiro atoms. The predicted octanol–water partition coefficient (Wildman–Crippen LogP) is 6.31. The minimum Gasteiger partial charge on any atom is -0.507 e. The van der Waals surface area contributed by atoms with Crippen LogP contribution in [0.2, 0.25) is 0 Å². The van der Waals surface area contributed by atoms with Crippen molar-refractivity contribution in [1.82, 2.24) is 0 Å². The largest absolute Gasteiger partial charge is 0.507 e. The third-order valence-electron chi connectivity index (χ3n) is 4.65. The van der Waals surface area contributed by atoms with E-state index in [1.807, 2.05) is 52.0 Å². The number of aryl methyl sites for hydroxylation is 1. The van der Waals surface area contributed by atoms with Gasteiger partial charge in [-0.25, -0.2) is 4.79 Å². The molecule has 4 heteroatoms. The minimum atomic E-state index is -1.16. The number of aliphatic hydroxyl groups is 1. The van der Waals surface area contributed by atoms with Gasteiger partial charge < -0.3 is 10.2 Å². The van der Waals surface area contributed by atoms with E-state index in [0.717, 1.165) is 41.0 Å². The van der Waals surface area contributed by atoms with E-state index in [9.17, 15) is 15.0 Å². The highest BCUT2D eigenvalue weighted by atomic mass is 16.4. The zero-order chi connectivity index (χ0) is 20.6. The number of carbonyl (C=O) groups is 1. The van der Waals surface area contributed by atoms with Gasteiger partial charge in [-0.15, -0.1) is 0 Å². The fourth-order valence-corrected chi connectivity index (χ4v) is 2.55. The number of allylic oxidation sites excluding steroid dienone is 3. The van der Waals surface area contributed by atoms with Gasteiger partial charge in [-0.2, -0.15) is 0 Å². The summed E-state index contributed by atoms with van der Waals surface area (Å²) in [4.78, 5) is 16.5. The van der Waals surface area contributed by atoms with Crippen LogP contribution < -0.4 is 0 Å². The lowest BCUT2D eigenvalue weighted by molar-refractivity contribution is -0.132. The molecule has 0 amide bonds. The van der Waals surface area contributed by atoms with Crippen molar-refractivity contribution in [1.29, 1.82) is 0 Å². The van der Waals surface area contributed by atoms with E-state index in [1.54, 1.807) is 0 Å². The zero-order valence-electron chi connectivity index (χ0n) is 17.2. The molecule has 2 N–H and O–H groups in total. The Morgan fingerprint density at radius 3 is 2.30 bits per heavy atom. The fraction of sp³-hybridized carbons (Fsp3) is 0.391. The van der Waals surface area contributed by atoms with E-state index in [-0.39, 0.29) is 17.3 Å². The van der Waals surface area contributed by atoms with Gasteiger partial charge in [-0.3, -0.25) is 4.99 Å². The smallest absolute Gasteiger partial charge is 0.339 e. The number of carboxylic acids is 1. The first-order valence-electron chi connectivity index (χ1n) is 9.37. The number of benzene rings is 1. The second-order valence-corrected chi connectivity index (χ2v) is 6.87. The van der Waals surface area contributed by atoms with Crippen molar-refractivity contribution in [3.8, 4) is 0 Å². The van der Waals surface area contributed by atoms with Crippen molar-refractivity contribution in [2.24, 2.45) is 10.9 Å². The molecular formula is C23H31NO3. The van der Waals surface area contributed by atoms with Crippen molar-refractivity contribution in [2.45, 2.75) is 54.4 Å². The summed E-state index contributed by atoms with van der Waals surface area (Å²) in [6, 6.07) is 7.85. The molecule has 0 aromatic heterocycles. The van der Waals surface area contributed by atoms with Gasteiger partial charge in [-0.05, 0) is 68.9 Å². The van der Waals surface area contributed by atoms with Gasteiger partial charge in [0.25, 0.3) is 0 Å². The Hall–Kier alpha value is -2.62. The summed E-state index contributed by atoms with van der Waals surface area (Å²) in [6.07, 6.45) is 4.64. The second-order valence-electron chi connectivity index (χ2n) is 6.87. The lowest BCUT2D eigenvalue weighted by Gasteiger charge is -2.15. The van der Waals surface area contributed by atoms with Crippen LogP contribution in [0.4, 0.5) is 5.69 Å². The number of hydrogen-bond acceptors (Lipinski definition) is 3. The molecule has 4 nitrogen and oxygen atoms in total. The molecule has 1 rings (SSSR count). The molecule has 0 unspecified atom stereocenters. The Balaban J connectivity index is 3.51. The van der Waals surface area contributed by atoms with Gasteiger partial charge >= 0.3 is 5.97 Å². The van der Waals surface area contributed by atoms with Crippen LogP contribution in [-0.4, -0.2) is 21.9 Å². The fourth-order valence-electron chi connectivity index (χ4n) is 2.55. The van der Waals surface area contributed by atoms with Crippen LogP contribution in [0.25, 0.3) is 0 Å². The molecule has 0 aliphatic carbocycles. The molecule has 1 aromatic rings. The molecular weight excluding hydrogens is 338 g/mol. The quantitative estimate of drug-likeness (QED) is 0.244. The summed E-state index contributed by atoms with van der Waals surface area (Å²) in [6.45, 7) is 11.8. The first kappa shape index (κ1) is 22.4. The molecule has 0 fully saturated rings. The van der Waals surface area contributed by atoms with Crippen molar-refractivity contribution >= 4 is 17.4 Å². The van der Waals surface area contributed by atoms with Crippen LogP contribution in [0.1, 0.15) is 53.0 Å². The topological polar surface area (TPSA) is 69.9 Å². The molecule has 0 heterocycles. The van der Waals surface area contributed by atoms with Crippen LogP contribution >= 0.6 is 0 Å². The van der Waals surface area contributed by atoms with E-state index in [0.29, 0.717) is 0 Å². The Labute approximate surface area is 162 Å². The second kappa shape index (κ2) is 10.5. The monoisotopic (exact) mass is 369 g/mol. The maximum Gasteiger partial charge on any atom is 0.339 e. The highest BCUT2D eigenvalue weighted by Gasteiger charge is 2.16. The lowest BCUT2D eigenvalue weighted by atomic mass is 9.94. The van der Waals surface area contributed by atoms with Crippen molar-refractivity contribution in [2.75, 3.05) is 0 Å². The summed E-state index contributed by atoms with van der Waals surface area (Å²) in [5, 5.41) is 19.8. The molecule has 0 radical (unpaired) electrons. The summed E-state index contributed by atoms with van der Waals surface area (Å²) in [5.74, 6) is -1.24. The lowest BCUT2D eigenvalue weighted by Crippen LogP contribution is -2.13. The number of aliphatic imine (C=N–C) groups is 1. The SMILES string of the molecule is CCC(C)=C/C(O)=C(\C=C(/C)C(=Nc1ccccc1C)[C@H](C)CC)C(=O)O. The van der Waals surface area contributed by atoms with Crippen LogP contribution in [0.3, 0.4) is 0 Å². The maximum atomic E-state index is 11.7. The molecule has 0 bridgehead atoms. The van der Waals surface area contributed by atoms with Crippen molar-refractivity contribution < 1.29 is 15.0 Å². The molecule has 1 atom stereocenters. The number of hydrogen-bond donors (Lipinski definition) is 2. The molecule has 146 valence electrons. The van der Waals surface area contributed by atoms with Crippen molar-refractivity contribution in [3.63, 3.8) is 0 Å². The summed E-state index contributed by atoms with van der Waals surface area (Å²) >= 11 is 0. The maximum absolute atomic E-state index is 11.7. The van der Waals surface area contributed by atoms with Crippen LogP contribution in [0.15, 0.2) is 63.9 Å². The van der Waals surface area contributed by atoms with Gasteiger partial charge in [0.1, 0.15) is 11.3 Å². The Morgan fingerprint density at radius 1 is 1.15 bits per heavy atom. The van der Waals surface area contributed by atoms with E-state index < -0.39 is 5.97 Å². The third-order valence-corrected chi connectivity index (χ3v) is 4.65. The zero-order valence-corrected chi connectivity index (χ0v) is 17.2. The molecule has 27 heavy (non-hydrogen) atoms. The van der Waals surface area contributed by atoms with Gasteiger partial charge in [0.15, 0.2) is 0 Å². The highest BCUT2D eigenvalue weighted by Crippen LogP contribution is 2.23. The van der Waals surface area contributed by atoms with Gasteiger partial charge in [-0.1, -0.05) is 44.5 Å². The van der Waals surface area contributed by atoms with Gasteiger partial charge in [0.2, 0.25) is 0 Å². The predicted molar refractivity (Wildman–Crippen MR) is 113 cm³/mol. The number of para-hydroxylation sites is 1. The summed E-state index contributed by atoms with van der Waals surface area (Å²) in [5.41, 5.74) is 4.28. The van der Waals surface area contributed by atoms with E-state index >= 15 is 0 Å². The highest BCUT2D eigenvalue weighted by molar-refractivity contribution is 6.05. The third kappa shape index (κ3) is 6.55. The first-order valence-corrected chi connectivity index (χ1v) is 9.37. The average molecular weight is 370 g/mol. The van der Waals surface area contributed by atoms with Crippen molar-refractivity contribution in [3.05, 3.63) is 64.5 Å². The van der Waals surface area contributed by atoms with E-state index in [4.69, 9.17) is 4.99 Å². The van der Waals surface area contributed by atoms with Gasteiger partial charge in [0, 0.05) is 5.71 Å². The average Bonchev–Trinajstić information content (AvgIpc) is 2.63. The first-order chi connectivity index (χ1) is 12.7. The standard InChI is InChI=1S/C23H31NO3/c1-7-15(3)13-21(25)19(23(26)27)14-18(6)22(16(4)8-2)24-20-12-10-9-11-17(20)5/h9-14,16,25H,7-8H2,1-6H3,(H,26,27)/b15-13?,18-14+,21-19-,24-22?/t16-/m1/s1. The number of aliphatic carboxylic acids is 1. The Kier molecular flexibility index (Phi) is 8.73. The molecule has 0 saturated heterocycles. The number of carboxylic acid groups (broad SMARTS) is 1. The Bertz CT molecular complexity index is 798. The van der Waals surface area contributed by atoms with E-state index in [1.165, 1.54) is 12.2 Å². The molecule has 0 saturated carbocycles. The van der Waals surface area contributed by atoms with E-state index in [2.05, 4.69) is 13.8 Å². The molecule has 1 aromatic carbocycles. The Morgan fingerprint density at radius 2 is 1.78 bits per heavy atom. The number of rotatable bonds is 8. The number of nitrogens with zero attached hydrogens (tertiary/aromatic N) is 1. The van der Waals surface area contributed by atoms with Gasteiger partial charge in [0.05, 0.1) is 5.69 Å². The van der Waals surface area contributed by atoms with Crippen LogP contribution in [-0.2, 0) is 4.79 Å². The van der Waals surface area contributed by atoms with Crippen LogP contribution in [0.5, 0.6) is 0 Å². The normalized spacial score (nSPS) is 15.4. The van der Waals surface area contributed by atoms with Crippen LogP contribution in [0, 0.1) is 12.8 Å². The molecule has 0 aliphatic rings. The minimum absolute atomic E-state index is 0.124. The molecule has 0 aliphatic heterocycles. The summed E-state index contributed by atoms with van der Waals surface area (Å²) < 4.78 is 0. The number of aliphatic hydroxyl groups excluding tert-OH is 1. The summed E-state index contributed by atoms with van der Waals surface area (Å²) in [7, 11) is 0.